The third kappa shape index (κ3) is 3.21. The lowest BCUT2D eigenvalue weighted by Crippen LogP contribution is -2.31. The van der Waals surface area contributed by atoms with Gasteiger partial charge in [-0.2, -0.15) is 0 Å². The maximum Gasteiger partial charge on any atom is 0.137 e. The van der Waals surface area contributed by atoms with E-state index in [2.05, 4.69) is 24.3 Å². The number of rotatable bonds is 4. The van der Waals surface area contributed by atoms with E-state index in [9.17, 15) is 4.39 Å². The Hall–Kier alpha value is -0.580. The fraction of sp³-hybridized carbons (Fsp3) is 0.538. The highest BCUT2D eigenvalue weighted by molar-refractivity contribution is 7.99. The van der Waals surface area contributed by atoms with Crippen molar-refractivity contribution < 1.29 is 4.39 Å². The summed E-state index contributed by atoms with van der Waals surface area (Å²) in [6.45, 7) is 1.95. The number of nitrogens with one attached hydrogen (secondary N) is 1. The number of thioether (sulfide) groups is 1. The van der Waals surface area contributed by atoms with Crippen molar-refractivity contribution in [2.75, 3.05) is 32.9 Å². The molecule has 1 unspecified atom stereocenters. The smallest absolute Gasteiger partial charge is 0.137 e. The third-order valence-corrected chi connectivity index (χ3v) is 4.13. The number of hydrogen-bond donors (Lipinski definition) is 1. The van der Waals surface area contributed by atoms with Crippen LogP contribution in [0.1, 0.15) is 18.0 Å². The second-order valence-corrected chi connectivity index (χ2v) is 5.71. The van der Waals surface area contributed by atoms with Crippen molar-refractivity contribution in [2.45, 2.75) is 17.4 Å². The van der Waals surface area contributed by atoms with Gasteiger partial charge in [0.15, 0.2) is 0 Å². The molecule has 1 heterocycles. The summed E-state index contributed by atoms with van der Waals surface area (Å²) < 4.78 is 13.6. The topological polar surface area (TPSA) is 15.3 Å². The van der Waals surface area contributed by atoms with Crippen LogP contribution in [0.15, 0.2) is 23.1 Å². The molecular formula is C13H19FN2S. The number of fused-ring (bicyclic) bond motifs is 1. The highest BCUT2D eigenvalue weighted by Gasteiger charge is 2.22. The number of halogens is 1. The fourth-order valence-corrected chi connectivity index (χ4v) is 3.20. The Morgan fingerprint density at radius 1 is 1.47 bits per heavy atom. The quantitative estimate of drug-likeness (QED) is 0.889. The Bertz CT molecular complexity index is 382. The minimum Gasteiger partial charge on any atom is -0.309 e. The van der Waals surface area contributed by atoms with Gasteiger partial charge >= 0.3 is 0 Å². The van der Waals surface area contributed by atoms with E-state index < -0.39 is 0 Å². The number of benzene rings is 1. The summed E-state index contributed by atoms with van der Waals surface area (Å²) in [5.74, 6) is 0.916. The van der Waals surface area contributed by atoms with E-state index >= 15 is 0 Å². The van der Waals surface area contributed by atoms with Crippen molar-refractivity contribution >= 4 is 11.8 Å². The van der Waals surface area contributed by atoms with Gasteiger partial charge in [-0.05, 0) is 37.9 Å². The molecule has 0 saturated heterocycles. The Balaban J connectivity index is 2.04. The summed E-state index contributed by atoms with van der Waals surface area (Å²) in [7, 11) is 4.12. The SMILES string of the molecule is CN(C)CCNC1CCSc2c(F)cccc21. The van der Waals surface area contributed by atoms with Crippen molar-refractivity contribution in [1.82, 2.24) is 10.2 Å². The molecule has 0 fully saturated rings. The minimum atomic E-state index is -0.0772. The van der Waals surface area contributed by atoms with E-state index in [1.807, 2.05) is 6.07 Å². The molecule has 1 aromatic rings. The third-order valence-electron chi connectivity index (χ3n) is 2.98. The number of hydrogen-bond acceptors (Lipinski definition) is 3. The Morgan fingerprint density at radius 2 is 2.29 bits per heavy atom. The Morgan fingerprint density at radius 3 is 3.06 bits per heavy atom. The van der Waals surface area contributed by atoms with Crippen LogP contribution in [0.2, 0.25) is 0 Å². The predicted octanol–water partition coefficient (Wildman–Crippen LogP) is 2.51. The Kier molecular flexibility index (Phi) is 4.42. The molecule has 1 aliphatic heterocycles. The van der Waals surface area contributed by atoms with Crippen LogP contribution in [0.5, 0.6) is 0 Å². The second kappa shape index (κ2) is 5.85. The average molecular weight is 254 g/mol. The van der Waals surface area contributed by atoms with E-state index in [1.165, 1.54) is 0 Å². The second-order valence-electron chi connectivity index (χ2n) is 4.61. The molecule has 1 aromatic carbocycles. The van der Waals surface area contributed by atoms with E-state index in [1.54, 1.807) is 23.9 Å². The molecule has 0 aromatic heterocycles. The van der Waals surface area contributed by atoms with Gasteiger partial charge in [0, 0.05) is 24.0 Å². The summed E-state index contributed by atoms with van der Waals surface area (Å²) in [4.78, 5) is 2.98. The molecule has 2 rings (SSSR count). The zero-order chi connectivity index (χ0) is 12.3. The molecule has 17 heavy (non-hydrogen) atoms. The van der Waals surface area contributed by atoms with Gasteiger partial charge in [0.25, 0.3) is 0 Å². The standard InChI is InChI=1S/C13H19FN2S/c1-16(2)8-7-15-12-6-9-17-13-10(12)4-3-5-11(13)14/h3-5,12,15H,6-9H2,1-2H3. The average Bonchev–Trinajstić information content (AvgIpc) is 2.30. The molecule has 2 nitrogen and oxygen atoms in total. The van der Waals surface area contributed by atoms with Gasteiger partial charge in [0.1, 0.15) is 5.82 Å². The molecule has 1 N–H and O–H groups in total. The van der Waals surface area contributed by atoms with Crippen LogP contribution in [-0.4, -0.2) is 37.8 Å². The van der Waals surface area contributed by atoms with Crippen LogP contribution in [0.4, 0.5) is 4.39 Å². The maximum atomic E-state index is 13.6. The van der Waals surface area contributed by atoms with Crippen LogP contribution in [-0.2, 0) is 0 Å². The van der Waals surface area contributed by atoms with Gasteiger partial charge in [0.05, 0.1) is 0 Å². The summed E-state index contributed by atoms with van der Waals surface area (Å²) >= 11 is 1.63. The van der Waals surface area contributed by atoms with Crippen LogP contribution in [0.3, 0.4) is 0 Å². The molecule has 0 aliphatic carbocycles. The largest absolute Gasteiger partial charge is 0.309 e. The van der Waals surface area contributed by atoms with Crippen LogP contribution in [0.25, 0.3) is 0 Å². The zero-order valence-electron chi connectivity index (χ0n) is 10.4. The van der Waals surface area contributed by atoms with E-state index in [0.29, 0.717) is 6.04 Å². The molecule has 0 spiro atoms. The van der Waals surface area contributed by atoms with Crippen molar-refractivity contribution in [3.8, 4) is 0 Å². The lowest BCUT2D eigenvalue weighted by molar-refractivity contribution is 0.380. The van der Waals surface area contributed by atoms with Gasteiger partial charge in [-0.15, -0.1) is 11.8 Å². The minimum absolute atomic E-state index is 0.0772. The summed E-state index contributed by atoms with van der Waals surface area (Å²) in [5, 5.41) is 3.51. The van der Waals surface area contributed by atoms with Crippen molar-refractivity contribution in [1.29, 1.82) is 0 Å². The Labute approximate surface area is 107 Å². The van der Waals surface area contributed by atoms with Gasteiger partial charge in [-0.1, -0.05) is 12.1 Å². The van der Waals surface area contributed by atoms with Gasteiger partial charge in [-0.25, -0.2) is 4.39 Å². The monoisotopic (exact) mass is 254 g/mol. The first-order chi connectivity index (χ1) is 8.18. The van der Waals surface area contributed by atoms with Crippen LogP contribution >= 0.6 is 11.8 Å². The summed E-state index contributed by atoms with van der Waals surface area (Å²) in [6, 6.07) is 5.70. The van der Waals surface area contributed by atoms with Crippen molar-refractivity contribution in [3.63, 3.8) is 0 Å². The van der Waals surface area contributed by atoms with E-state index in [4.69, 9.17) is 0 Å². The zero-order valence-corrected chi connectivity index (χ0v) is 11.2. The fourth-order valence-electron chi connectivity index (χ4n) is 2.06. The lowest BCUT2D eigenvalue weighted by atomic mass is 10.0. The molecule has 4 heteroatoms. The normalized spacial score (nSPS) is 19.4. The van der Waals surface area contributed by atoms with E-state index in [0.717, 1.165) is 35.7 Å². The highest BCUT2D eigenvalue weighted by Crippen LogP contribution is 2.37. The first-order valence-electron chi connectivity index (χ1n) is 5.98. The summed E-state index contributed by atoms with van der Waals surface area (Å²) in [6.07, 6.45) is 1.08. The molecule has 0 amide bonds. The lowest BCUT2D eigenvalue weighted by Gasteiger charge is -2.26. The van der Waals surface area contributed by atoms with Gasteiger partial charge < -0.3 is 10.2 Å². The van der Waals surface area contributed by atoms with Gasteiger partial charge in [-0.3, -0.25) is 0 Å². The number of nitrogens with zero attached hydrogens (tertiary/aromatic N) is 1. The molecule has 0 bridgehead atoms. The molecule has 0 radical (unpaired) electrons. The first-order valence-corrected chi connectivity index (χ1v) is 6.96. The molecule has 0 saturated carbocycles. The van der Waals surface area contributed by atoms with Crippen LogP contribution < -0.4 is 5.32 Å². The highest BCUT2D eigenvalue weighted by atomic mass is 32.2. The van der Waals surface area contributed by atoms with Crippen molar-refractivity contribution in [2.24, 2.45) is 0 Å². The molecule has 1 atom stereocenters. The maximum absolute atomic E-state index is 13.6. The molecule has 94 valence electrons. The molecular weight excluding hydrogens is 235 g/mol. The predicted molar refractivity (Wildman–Crippen MR) is 71.0 cm³/mol. The van der Waals surface area contributed by atoms with Crippen molar-refractivity contribution in [3.05, 3.63) is 29.6 Å². The molecule has 1 aliphatic rings. The van der Waals surface area contributed by atoms with E-state index in [-0.39, 0.29) is 5.82 Å². The van der Waals surface area contributed by atoms with Gasteiger partial charge in [0.2, 0.25) is 0 Å². The number of likely N-dealkylation sites (N-methyl/N-ethyl adjacent to an activating group) is 1. The van der Waals surface area contributed by atoms with Crippen LogP contribution in [0, 0.1) is 5.82 Å². The summed E-state index contributed by atoms with van der Waals surface area (Å²) in [5.41, 5.74) is 1.13. The first kappa shape index (κ1) is 12.9.